The van der Waals surface area contributed by atoms with Crippen molar-refractivity contribution < 1.29 is 14.3 Å². The second-order valence-corrected chi connectivity index (χ2v) is 9.66. The van der Waals surface area contributed by atoms with Crippen molar-refractivity contribution in [2.75, 3.05) is 31.0 Å². The van der Waals surface area contributed by atoms with Gasteiger partial charge in [-0.15, -0.1) is 0 Å². The summed E-state index contributed by atoms with van der Waals surface area (Å²) in [6.45, 7) is 4.22. The molecule has 3 aromatic carbocycles. The third kappa shape index (κ3) is 5.25. The van der Waals surface area contributed by atoms with Gasteiger partial charge in [0.2, 0.25) is 5.91 Å². The van der Waals surface area contributed by atoms with Crippen molar-refractivity contribution in [2.45, 2.75) is 45.3 Å². The minimum absolute atomic E-state index is 0.0325. The average Bonchev–Trinajstić information content (AvgIpc) is 2.84. The minimum atomic E-state index is -0.316. The molecule has 1 amide bonds. The van der Waals surface area contributed by atoms with E-state index in [-0.39, 0.29) is 24.5 Å². The summed E-state index contributed by atoms with van der Waals surface area (Å²) in [6, 6.07) is 19.5. The summed E-state index contributed by atoms with van der Waals surface area (Å²) in [4.78, 5) is 17.5. The number of halogens is 1. The molecule has 0 spiro atoms. The first-order valence-corrected chi connectivity index (χ1v) is 12.4. The molecule has 0 aromatic heterocycles. The van der Waals surface area contributed by atoms with Crippen LogP contribution in [0.15, 0.2) is 60.7 Å². The number of benzene rings is 3. The van der Waals surface area contributed by atoms with Gasteiger partial charge in [-0.1, -0.05) is 37.1 Å². The maximum absolute atomic E-state index is 13.6. The van der Waals surface area contributed by atoms with Gasteiger partial charge in [0.05, 0.1) is 25.7 Å². The van der Waals surface area contributed by atoms with Gasteiger partial charge in [0.25, 0.3) is 0 Å². The SMILES string of the molecule is CCCC(C)Oc1cc2c(cc1OC)CC(=O)N(c1ccc(N(C)C)cc1)C2c1ccc(Cl)cc1. The van der Waals surface area contributed by atoms with Gasteiger partial charge < -0.3 is 19.3 Å². The molecule has 1 heterocycles. The number of ether oxygens (including phenoxy) is 2. The molecule has 0 radical (unpaired) electrons. The van der Waals surface area contributed by atoms with Crippen molar-refractivity contribution in [1.82, 2.24) is 0 Å². The Morgan fingerprint density at radius 3 is 2.34 bits per heavy atom. The number of methoxy groups -OCH3 is 1. The fraction of sp³-hybridized carbons (Fsp3) is 0.345. The molecule has 0 bridgehead atoms. The Hall–Kier alpha value is -3.18. The minimum Gasteiger partial charge on any atom is -0.493 e. The Morgan fingerprint density at radius 2 is 1.74 bits per heavy atom. The fourth-order valence-corrected chi connectivity index (χ4v) is 4.79. The third-order valence-electron chi connectivity index (χ3n) is 6.44. The maximum Gasteiger partial charge on any atom is 0.232 e. The van der Waals surface area contributed by atoms with E-state index in [0.29, 0.717) is 16.5 Å². The van der Waals surface area contributed by atoms with Crippen LogP contribution in [0.4, 0.5) is 11.4 Å². The summed E-state index contributed by atoms with van der Waals surface area (Å²) < 4.78 is 12.0. The van der Waals surface area contributed by atoms with Crippen molar-refractivity contribution >= 4 is 28.9 Å². The van der Waals surface area contributed by atoms with Crippen LogP contribution in [-0.4, -0.2) is 33.2 Å². The van der Waals surface area contributed by atoms with E-state index < -0.39 is 0 Å². The van der Waals surface area contributed by atoms with Gasteiger partial charge in [-0.25, -0.2) is 0 Å². The zero-order valence-electron chi connectivity index (χ0n) is 21.0. The lowest BCUT2D eigenvalue weighted by atomic mass is 9.86. The highest BCUT2D eigenvalue weighted by Gasteiger charge is 2.36. The Morgan fingerprint density at radius 1 is 1.06 bits per heavy atom. The lowest BCUT2D eigenvalue weighted by Gasteiger charge is -2.38. The first-order valence-electron chi connectivity index (χ1n) is 12.0. The summed E-state index contributed by atoms with van der Waals surface area (Å²) in [5, 5.41) is 0.658. The van der Waals surface area contributed by atoms with Gasteiger partial charge in [0.1, 0.15) is 0 Å². The van der Waals surface area contributed by atoms with E-state index in [4.69, 9.17) is 21.1 Å². The van der Waals surface area contributed by atoms with Gasteiger partial charge in [-0.2, -0.15) is 0 Å². The number of anilines is 2. The van der Waals surface area contributed by atoms with E-state index in [2.05, 4.69) is 13.8 Å². The van der Waals surface area contributed by atoms with Gasteiger partial charge in [0, 0.05) is 30.5 Å². The van der Waals surface area contributed by atoms with Crippen LogP contribution in [0.3, 0.4) is 0 Å². The third-order valence-corrected chi connectivity index (χ3v) is 6.69. The number of hydrogen-bond acceptors (Lipinski definition) is 4. The summed E-state index contributed by atoms with van der Waals surface area (Å²) in [5.74, 6) is 1.38. The summed E-state index contributed by atoms with van der Waals surface area (Å²) in [5.41, 5.74) is 4.89. The highest BCUT2D eigenvalue weighted by Crippen LogP contribution is 2.44. The van der Waals surface area contributed by atoms with E-state index in [1.165, 1.54) is 0 Å². The fourth-order valence-electron chi connectivity index (χ4n) is 4.67. The largest absolute Gasteiger partial charge is 0.493 e. The van der Waals surface area contributed by atoms with Crippen LogP contribution in [0.5, 0.6) is 11.5 Å². The number of nitrogens with zero attached hydrogens (tertiary/aromatic N) is 2. The molecule has 0 N–H and O–H groups in total. The molecule has 0 saturated carbocycles. The molecule has 2 unspecified atom stereocenters. The van der Waals surface area contributed by atoms with E-state index in [0.717, 1.165) is 40.9 Å². The van der Waals surface area contributed by atoms with E-state index in [9.17, 15) is 4.79 Å². The molecule has 35 heavy (non-hydrogen) atoms. The smallest absolute Gasteiger partial charge is 0.232 e. The molecule has 0 aliphatic carbocycles. The molecule has 0 fully saturated rings. The van der Waals surface area contributed by atoms with E-state index >= 15 is 0 Å². The molecule has 1 aliphatic rings. The van der Waals surface area contributed by atoms with Gasteiger partial charge in [-0.3, -0.25) is 4.79 Å². The zero-order chi connectivity index (χ0) is 25.1. The quantitative estimate of drug-likeness (QED) is 0.352. The predicted molar refractivity (Wildman–Crippen MR) is 143 cm³/mol. The summed E-state index contributed by atoms with van der Waals surface area (Å²) in [7, 11) is 5.64. The van der Waals surface area contributed by atoms with Crippen molar-refractivity contribution in [3.8, 4) is 11.5 Å². The number of fused-ring (bicyclic) bond motifs is 1. The monoisotopic (exact) mass is 492 g/mol. The van der Waals surface area contributed by atoms with Crippen molar-refractivity contribution in [2.24, 2.45) is 0 Å². The number of hydrogen-bond donors (Lipinski definition) is 0. The molecule has 4 rings (SSSR count). The molecule has 1 aliphatic heterocycles. The Bertz CT molecular complexity index is 1180. The second-order valence-electron chi connectivity index (χ2n) is 9.22. The number of carbonyl (C=O) groups excluding carboxylic acids is 1. The van der Waals surface area contributed by atoms with Crippen molar-refractivity contribution in [3.63, 3.8) is 0 Å². The van der Waals surface area contributed by atoms with Crippen molar-refractivity contribution in [1.29, 1.82) is 0 Å². The Labute approximate surface area is 213 Å². The number of amides is 1. The van der Waals surface area contributed by atoms with Gasteiger partial charge >= 0.3 is 0 Å². The van der Waals surface area contributed by atoms with Gasteiger partial charge in [0.15, 0.2) is 11.5 Å². The molecule has 0 saturated heterocycles. The number of carbonyl (C=O) groups is 1. The summed E-state index contributed by atoms with van der Waals surface area (Å²) in [6.07, 6.45) is 2.33. The number of rotatable bonds is 8. The molecular weight excluding hydrogens is 460 g/mol. The van der Waals surface area contributed by atoms with Crippen LogP contribution < -0.4 is 19.3 Å². The van der Waals surface area contributed by atoms with E-state index in [1.807, 2.05) is 84.6 Å². The molecule has 2 atom stereocenters. The molecular formula is C29H33ClN2O3. The van der Waals surface area contributed by atoms with Crippen molar-refractivity contribution in [3.05, 3.63) is 82.4 Å². The standard InChI is InChI=1S/C29H33ClN2O3/c1-6-7-19(2)35-27-18-25-21(16-26(27)34-5)17-28(33)32(24-14-12-23(13-15-24)31(3)4)29(25)20-8-10-22(30)11-9-20/h8-16,18-19,29H,6-7,17H2,1-5H3. The van der Waals surface area contributed by atoms with Crippen LogP contribution in [0, 0.1) is 0 Å². The summed E-state index contributed by atoms with van der Waals surface area (Å²) >= 11 is 6.21. The first-order chi connectivity index (χ1) is 16.8. The lowest BCUT2D eigenvalue weighted by Crippen LogP contribution is -2.41. The highest BCUT2D eigenvalue weighted by molar-refractivity contribution is 6.30. The first kappa shape index (κ1) is 24.9. The molecule has 5 nitrogen and oxygen atoms in total. The van der Waals surface area contributed by atoms with Gasteiger partial charge in [-0.05, 0) is 78.6 Å². The molecule has 6 heteroatoms. The molecule has 184 valence electrons. The highest BCUT2D eigenvalue weighted by atomic mass is 35.5. The van der Waals surface area contributed by atoms with Crippen LogP contribution in [0.2, 0.25) is 5.02 Å². The Kier molecular flexibility index (Phi) is 7.56. The predicted octanol–water partition coefficient (Wildman–Crippen LogP) is 6.66. The molecule has 3 aromatic rings. The topological polar surface area (TPSA) is 42.0 Å². The second kappa shape index (κ2) is 10.6. The normalized spacial score (nSPS) is 16.0. The maximum atomic E-state index is 13.6. The van der Waals surface area contributed by atoms with E-state index in [1.54, 1.807) is 7.11 Å². The average molecular weight is 493 g/mol. The lowest BCUT2D eigenvalue weighted by molar-refractivity contribution is -0.118. The zero-order valence-corrected chi connectivity index (χ0v) is 21.8. The Balaban J connectivity index is 1.86. The van der Waals surface area contributed by atoms with Crippen LogP contribution in [-0.2, 0) is 11.2 Å². The van der Waals surface area contributed by atoms with Crippen LogP contribution in [0.1, 0.15) is 49.4 Å². The van der Waals surface area contributed by atoms with Crippen LogP contribution in [0.25, 0.3) is 0 Å². The van der Waals surface area contributed by atoms with Crippen LogP contribution >= 0.6 is 11.6 Å².